The maximum atomic E-state index is 13.7. The second kappa shape index (κ2) is 5.54. The quantitative estimate of drug-likeness (QED) is 0.750. The van der Waals surface area contributed by atoms with Gasteiger partial charge in [0.1, 0.15) is 6.29 Å². The molecule has 2 aromatic carbocycles. The van der Waals surface area contributed by atoms with E-state index in [1.54, 1.807) is 30.3 Å². The van der Waals surface area contributed by atoms with Crippen LogP contribution in [0.1, 0.15) is 12.0 Å². The SMILES string of the molecule is O=CCCc1cc(F)c(F)c(-c2ccccc2)c1. The maximum absolute atomic E-state index is 13.7. The molecule has 2 aromatic rings. The van der Waals surface area contributed by atoms with Crippen LogP contribution in [0.25, 0.3) is 11.1 Å². The van der Waals surface area contributed by atoms with Crippen molar-refractivity contribution >= 4 is 6.29 Å². The minimum atomic E-state index is -0.878. The molecule has 2 rings (SSSR count). The first-order valence-electron chi connectivity index (χ1n) is 5.69. The third kappa shape index (κ3) is 2.62. The van der Waals surface area contributed by atoms with Gasteiger partial charge in [-0.25, -0.2) is 8.78 Å². The van der Waals surface area contributed by atoms with Crippen molar-refractivity contribution in [2.45, 2.75) is 12.8 Å². The molecule has 92 valence electrons. The summed E-state index contributed by atoms with van der Waals surface area (Å²) in [7, 11) is 0. The summed E-state index contributed by atoms with van der Waals surface area (Å²) in [6.45, 7) is 0. The van der Waals surface area contributed by atoms with Crippen LogP contribution in [-0.4, -0.2) is 6.29 Å². The zero-order valence-corrected chi connectivity index (χ0v) is 9.70. The van der Waals surface area contributed by atoms with E-state index in [0.717, 1.165) is 12.4 Å². The van der Waals surface area contributed by atoms with Gasteiger partial charge in [-0.05, 0) is 29.7 Å². The van der Waals surface area contributed by atoms with Gasteiger partial charge in [-0.1, -0.05) is 30.3 Å². The molecule has 18 heavy (non-hydrogen) atoms. The molecule has 0 aliphatic rings. The van der Waals surface area contributed by atoms with Gasteiger partial charge in [0.25, 0.3) is 0 Å². The zero-order chi connectivity index (χ0) is 13.0. The summed E-state index contributed by atoms with van der Waals surface area (Å²) in [4.78, 5) is 10.3. The number of hydrogen-bond donors (Lipinski definition) is 0. The topological polar surface area (TPSA) is 17.1 Å². The van der Waals surface area contributed by atoms with Gasteiger partial charge in [0.2, 0.25) is 0 Å². The lowest BCUT2D eigenvalue weighted by molar-refractivity contribution is -0.107. The normalized spacial score (nSPS) is 10.3. The number of carbonyl (C=O) groups excluding carboxylic acids is 1. The molecule has 3 heteroatoms. The van der Waals surface area contributed by atoms with Crippen molar-refractivity contribution in [1.29, 1.82) is 0 Å². The average molecular weight is 246 g/mol. The summed E-state index contributed by atoms with van der Waals surface area (Å²) >= 11 is 0. The van der Waals surface area contributed by atoms with E-state index in [2.05, 4.69) is 0 Å². The predicted molar refractivity (Wildman–Crippen MR) is 66.2 cm³/mol. The first-order chi connectivity index (χ1) is 8.72. The van der Waals surface area contributed by atoms with Crippen LogP contribution in [0.4, 0.5) is 8.78 Å². The van der Waals surface area contributed by atoms with E-state index in [-0.39, 0.29) is 5.56 Å². The number of benzene rings is 2. The van der Waals surface area contributed by atoms with Crippen LogP contribution in [-0.2, 0) is 11.2 Å². The Morgan fingerprint density at radius 2 is 1.78 bits per heavy atom. The van der Waals surface area contributed by atoms with Crippen LogP contribution < -0.4 is 0 Å². The van der Waals surface area contributed by atoms with Crippen molar-refractivity contribution < 1.29 is 13.6 Å². The minimum Gasteiger partial charge on any atom is -0.303 e. The number of aldehydes is 1. The standard InChI is InChI=1S/C15H12F2O/c16-14-10-11(5-4-8-18)9-13(15(14)17)12-6-2-1-3-7-12/h1-3,6-10H,4-5H2. The molecule has 0 heterocycles. The Bertz CT molecular complexity index is 550. The highest BCUT2D eigenvalue weighted by atomic mass is 19.2. The van der Waals surface area contributed by atoms with E-state index in [1.165, 1.54) is 0 Å². The molecule has 0 bridgehead atoms. The Morgan fingerprint density at radius 1 is 1.06 bits per heavy atom. The van der Waals surface area contributed by atoms with Gasteiger partial charge in [-0.15, -0.1) is 0 Å². The summed E-state index contributed by atoms with van der Waals surface area (Å²) in [5, 5.41) is 0. The first kappa shape index (κ1) is 12.4. The molecular weight excluding hydrogens is 234 g/mol. The molecule has 0 fully saturated rings. The molecule has 0 unspecified atom stereocenters. The Balaban J connectivity index is 2.46. The van der Waals surface area contributed by atoms with Gasteiger partial charge in [-0.2, -0.15) is 0 Å². The lowest BCUT2D eigenvalue weighted by atomic mass is 10.00. The smallest absolute Gasteiger partial charge is 0.166 e. The number of aryl methyl sites for hydroxylation is 1. The predicted octanol–water partition coefficient (Wildman–Crippen LogP) is 3.76. The Hall–Kier alpha value is -2.03. The lowest BCUT2D eigenvalue weighted by Crippen LogP contribution is -1.95. The van der Waals surface area contributed by atoms with Crippen molar-refractivity contribution in [3.63, 3.8) is 0 Å². The Labute approximate surface area is 104 Å². The second-order valence-electron chi connectivity index (χ2n) is 4.01. The molecule has 0 amide bonds. The molecule has 0 radical (unpaired) electrons. The van der Waals surface area contributed by atoms with Gasteiger partial charge in [-0.3, -0.25) is 0 Å². The van der Waals surface area contributed by atoms with E-state index in [9.17, 15) is 13.6 Å². The molecule has 0 saturated heterocycles. The summed E-state index contributed by atoms with van der Waals surface area (Å²) in [6.07, 6.45) is 1.49. The van der Waals surface area contributed by atoms with Crippen LogP contribution in [0.5, 0.6) is 0 Å². The number of carbonyl (C=O) groups is 1. The second-order valence-corrected chi connectivity index (χ2v) is 4.01. The molecule has 0 spiro atoms. The van der Waals surface area contributed by atoms with Crippen molar-refractivity contribution in [2.75, 3.05) is 0 Å². The third-order valence-electron chi connectivity index (χ3n) is 2.72. The van der Waals surface area contributed by atoms with Crippen LogP contribution in [0.15, 0.2) is 42.5 Å². The maximum Gasteiger partial charge on any atom is 0.166 e. The van der Waals surface area contributed by atoms with Gasteiger partial charge in [0, 0.05) is 12.0 Å². The summed E-state index contributed by atoms with van der Waals surface area (Å²) < 4.78 is 27.2. The monoisotopic (exact) mass is 246 g/mol. The van der Waals surface area contributed by atoms with Gasteiger partial charge >= 0.3 is 0 Å². The van der Waals surface area contributed by atoms with E-state index >= 15 is 0 Å². The first-order valence-corrected chi connectivity index (χ1v) is 5.69. The molecule has 0 aliphatic carbocycles. The molecule has 0 aliphatic heterocycles. The summed E-state index contributed by atoms with van der Waals surface area (Å²) in [5.74, 6) is -1.73. The molecule has 1 nitrogen and oxygen atoms in total. The highest BCUT2D eigenvalue weighted by Gasteiger charge is 2.12. The summed E-state index contributed by atoms with van der Waals surface area (Å²) in [5.41, 5.74) is 1.48. The molecule has 0 N–H and O–H groups in total. The van der Waals surface area contributed by atoms with E-state index in [1.807, 2.05) is 6.07 Å². The van der Waals surface area contributed by atoms with Crippen LogP contribution in [0.2, 0.25) is 0 Å². The van der Waals surface area contributed by atoms with Gasteiger partial charge in [0.15, 0.2) is 11.6 Å². The van der Waals surface area contributed by atoms with Crippen molar-refractivity contribution in [3.05, 3.63) is 59.7 Å². The fraction of sp³-hybridized carbons (Fsp3) is 0.133. The van der Waals surface area contributed by atoms with Crippen LogP contribution in [0, 0.1) is 11.6 Å². The zero-order valence-electron chi connectivity index (χ0n) is 9.70. The van der Waals surface area contributed by atoms with Gasteiger partial charge in [0.05, 0.1) is 0 Å². The van der Waals surface area contributed by atoms with Crippen molar-refractivity contribution in [2.24, 2.45) is 0 Å². The third-order valence-corrected chi connectivity index (χ3v) is 2.72. The van der Waals surface area contributed by atoms with E-state index < -0.39 is 11.6 Å². The van der Waals surface area contributed by atoms with Crippen LogP contribution >= 0.6 is 0 Å². The van der Waals surface area contributed by atoms with Crippen LogP contribution in [0.3, 0.4) is 0 Å². The van der Waals surface area contributed by atoms with Gasteiger partial charge < -0.3 is 4.79 Å². The average Bonchev–Trinajstić information content (AvgIpc) is 2.41. The molecular formula is C15H12F2O. The van der Waals surface area contributed by atoms with E-state index in [0.29, 0.717) is 24.0 Å². The minimum absolute atomic E-state index is 0.233. The number of halogens is 2. The fourth-order valence-corrected chi connectivity index (χ4v) is 1.84. The van der Waals surface area contributed by atoms with Crippen molar-refractivity contribution in [3.8, 4) is 11.1 Å². The lowest BCUT2D eigenvalue weighted by Gasteiger charge is -2.07. The summed E-state index contributed by atoms with van der Waals surface area (Å²) in [6, 6.07) is 11.5. The molecule has 0 saturated carbocycles. The number of hydrogen-bond acceptors (Lipinski definition) is 1. The highest BCUT2D eigenvalue weighted by Crippen LogP contribution is 2.26. The Morgan fingerprint density at radius 3 is 2.44 bits per heavy atom. The fourth-order valence-electron chi connectivity index (χ4n) is 1.84. The number of rotatable bonds is 4. The largest absolute Gasteiger partial charge is 0.303 e. The Kier molecular flexibility index (Phi) is 3.82. The van der Waals surface area contributed by atoms with E-state index in [4.69, 9.17) is 0 Å². The van der Waals surface area contributed by atoms with Crippen molar-refractivity contribution in [1.82, 2.24) is 0 Å². The highest BCUT2D eigenvalue weighted by molar-refractivity contribution is 5.65. The molecule has 0 aromatic heterocycles. The molecule has 0 atom stereocenters.